The maximum atomic E-state index is 5.82. The fourth-order valence-electron chi connectivity index (χ4n) is 2.63. The van der Waals surface area contributed by atoms with Crippen molar-refractivity contribution in [3.05, 3.63) is 90.0 Å². The van der Waals surface area contributed by atoms with Gasteiger partial charge in [-0.3, -0.25) is 0 Å². The van der Waals surface area contributed by atoms with Crippen LogP contribution in [0.1, 0.15) is 16.7 Å². The number of hydrogen-bond acceptors (Lipinski definition) is 1. The lowest BCUT2D eigenvalue weighted by atomic mass is 10.0. The van der Waals surface area contributed by atoms with Crippen LogP contribution in [0.15, 0.2) is 73.3 Å². The molecular formula is C21H20O. The molecule has 0 heterocycles. The zero-order valence-corrected chi connectivity index (χ0v) is 12.7. The quantitative estimate of drug-likeness (QED) is 0.563. The van der Waals surface area contributed by atoms with E-state index in [1.807, 2.05) is 6.08 Å². The first-order valence-corrected chi connectivity index (χ1v) is 7.62. The maximum Gasteiger partial charge on any atom is 0.0717 e. The summed E-state index contributed by atoms with van der Waals surface area (Å²) in [5, 5.41) is 2.61. The van der Waals surface area contributed by atoms with Crippen LogP contribution in [0.2, 0.25) is 0 Å². The minimum atomic E-state index is 0.655. The lowest BCUT2D eigenvalue weighted by molar-refractivity contribution is 0.124. The van der Waals surface area contributed by atoms with E-state index in [1.165, 1.54) is 21.9 Å². The smallest absolute Gasteiger partial charge is 0.0717 e. The van der Waals surface area contributed by atoms with E-state index in [2.05, 4.69) is 73.3 Å². The molecule has 0 aliphatic carbocycles. The molecule has 3 rings (SSSR count). The molecule has 1 heteroatoms. The molecular weight excluding hydrogens is 268 g/mol. The van der Waals surface area contributed by atoms with Crippen molar-refractivity contribution < 1.29 is 4.74 Å². The van der Waals surface area contributed by atoms with Crippen molar-refractivity contribution in [3.8, 4) is 0 Å². The van der Waals surface area contributed by atoms with E-state index >= 15 is 0 Å². The van der Waals surface area contributed by atoms with Crippen LogP contribution in [0.4, 0.5) is 0 Å². The first-order valence-electron chi connectivity index (χ1n) is 7.62. The molecule has 1 nitrogen and oxygen atoms in total. The Balaban J connectivity index is 1.57. The minimum absolute atomic E-state index is 0.655. The standard InChI is InChI=1S/C21H20O/c1-2-17-10-12-18(13-11-17)16-22-15-14-20-8-5-7-19-6-3-4-9-21(19)20/h2-13H,1,14-16H2. The molecule has 0 saturated carbocycles. The summed E-state index contributed by atoms with van der Waals surface area (Å²) in [6, 6.07) is 23.3. The fourth-order valence-corrected chi connectivity index (χ4v) is 2.63. The summed E-state index contributed by atoms with van der Waals surface area (Å²) < 4.78 is 5.82. The number of hydrogen-bond donors (Lipinski definition) is 0. The van der Waals surface area contributed by atoms with Crippen molar-refractivity contribution in [2.24, 2.45) is 0 Å². The van der Waals surface area contributed by atoms with Gasteiger partial charge in [0, 0.05) is 0 Å². The van der Waals surface area contributed by atoms with Crippen LogP contribution in [0.5, 0.6) is 0 Å². The summed E-state index contributed by atoms with van der Waals surface area (Å²) >= 11 is 0. The van der Waals surface area contributed by atoms with Crippen LogP contribution in [-0.2, 0) is 17.8 Å². The van der Waals surface area contributed by atoms with Gasteiger partial charge in [-0.1, -0.05) is 79.4 Å². The Morgan fingerprint density at radius 2 is 1.64 bits per heavy atom. The highest BCUT2D eigenvalue weighted by molar-refractivity contribution is 5.85. The predicted molar refractivity (Wildman–Crippen MR) is 93.8 cm³/mol. The summed E-state index contributed by atoms with van der Waals surface area (Å²) in [7, 11) is 0. The molecule has 3 aromatic rings. The Bertz CT molecular complexity index is 751. The molecule has 110 valence electrons. The van der Waals surface area contributed by atoms with Crippen LogP contribution in [0.3, 0.4) is 0 Å². The van der Waals surface area contributed by atoms with E-state index in [4.69, 9.17) is 4.74 Å². The van der Waals surface area contributed by atoms with Gasteiger partial charge >= 0.3 is 0 Å². The third kappa shape index (κ3) is 3.44. The lowest BCUT2D eigenvalue weighted by Gasteiger charge is -2.08. The molecule has 0 atom stereocenters. The third-order valence-electron chi connectivity index (χ3n) is 3.88. The molecule has 3 aromatic carbocycles. The number of benzene rings is 3. The fraction of sp³-hybridized carbons (Fsp3) is 0.143. The van der Waals surface area contributed by atoms with Crippen LogP contribution >= 0.6 is 0 Å². The molecule has 22 heavy (non-hydrogen) atoms. The SMILES string of the molecule is C=Cc1ccc(COCCc2cccc3ccccc23)cc1. The van der Waals surface area contributed by atoms with Crippen molar-refractivity contribution in [1.29, 1.82) is 0 Å². The largest absolute Gasteiger partial charge is 0.376 e. The van der Waals surface area contributed by atoms with Crippen LogP contribution < -0.4 is 0 Å². The number of fused-ring (bicyclic) bond motifs is 1. The summed E-state index contributed by atoms with van der Waals surface area (Å²) in [5.41, 5.74) is 3.68. The summed E-state index contributed by atoms with van der Waals surface area (Å²) in [5.74, 6) is 0. The van der Waals surface area contributed by atoms with E-state index < -0.39 is 0 Å². The van der Waals surface area contributed by atoms with Gasteiger partial charge in [0.25, 0.3) is 0 Å². The topological polar surface area (TPSA) is 9.23 Å². The zero-order valence-electron chi connectivity index (χ0n) is 12.7. The predicted octanol–water partition coefficient (Wildman–Crippen LogP) is 5.24. The molecule has 0 unspecified atom stereocenters. The van der Waals surface area contributed by atoms with E-state index in [1.54, 1.807) is 0 Å². The van der Waals surface area contributed by atoms with Crippen molar-refractivity contribution in [2.45, 2.75) is 13.0 Å². The van der Waals surface area contributed by atoms with E-state index in [0.717, 1.165) is 18.6 Å². The Morgan fingerprint density at radius 3 is 2.45 bits per heavy atom. The van der Waals surface area contributed by atoms with Crippen molar-refractivity contribution in [2.75, 3.05) is 6.61 Å². The van der Waals surface area contributed by atoms with E-state index in [9.17, 15) is 0 Å². The first-order chi connectivity index (χ1) is 10.9. The highest BCUT2D eigenvalue weighted by Crippen LogP contribution is 2.19. The van der Waals surface area contributed by atoms with Gasteiger partial charge in [0.05, 0.1) is 13.2 Å². The van der Waals surface area contributed by atoms with Gasteiger partial charge in [-0.25, -0.2) is 0 Å². The van der Waals surface area contributed by atoms with Crippen LogP contribution in [0, 0.1) is 0 Å². The minimum Gasteiger partial charge on any atom is -0.376 e. The van der Waals surface area contributed by atoms with Gasteiger partial charge in [0.1, 0.15) is 0 Å². The highest BCUT2D eigenvalue weighted by Gasteiger charge is 2.00. The molecule has 0 saturated heterocycles. The van der Waals surface area contributed by atoms with Crippen molar-refractivity contribution in [1.82, 2.24) is 0 Å². The lowest BCUT2D eigenvalue weighted by Crippen LogP contribution is -1.99. The van der Waals surface area contributed by atoms with Crippen LogP contribution in [0.25, 0.3) is 16.8 Å². The normalized spacial score (nSPS) is 10.7. The molecule has 0 aliphatic rings. The molecule has 0 aromatic heterocycles. The number of ether oxygens (including phenoxy) is 1. The Labute approximate surface area is 131 Å². The molecule has 0 fully saturated rings. The Morgan fingerprint density at radius 1 is 0.864 bits per heavy atom. The van der Waals surface area contributed by atoms with E-state index in [-0.39, 0.29) is 0 Å². The average molecular weight is 288 g/mol. The van der Waals surface area contributed by atoms with Crippen molar-refractivity contribution >= 4 is 16.8 Å². The second-order valence-electron chi connectivity index (χ2n) is 5.39. The highest BCUT2D eigenvalue weighted by atomic mass is 16.5. The monoisotopic (exact) mass is 288 g/mol. The Kier molecular flexibility index (Phi) is 4.67. The Hall–Kier alpha value is -2.38. The molecule has 0 N–H and O–H groups in total. The maximum absolute atomic E-state index is 5.82. The molecule has 0 spiro atoms. The summed E-state index contributed by atoms with van der Waals surface area (Å²) in [6.07, 6.45) is 2.79. The van der Waals surface area contributed by atoms with Gasteiger partial charge in [-0.15, -0.1) is 0 Å². The summed E-state index contributed by atoms with van der Waals surface area (Å²) in [4.78, 5) is 0. The molecule has 0 aliphatic heterocycles. The second kappa shape index (κ2) is 7.06. The van der Waals surface area contributed by atoms with Gasteiger partial charge in [-0.2, -0.15) is 0 Å². The van der Waals surface area contributed by atoms with E-state index in [0.29, 0.717) is 6.61 Å². The van der Waals surface area contributed by atoms with Gasteiger partial charge in [0.15, 0.2) is 0 Å². The number of rotatable bonds is 6. The van der Waals surface area contributed by atoms with Crippen LogP contribution in [-0.4, -0.2) is 6.61 Å². The molecule has 0 amide bonds. The van der Waals surface area contributed by atoms with Gasteiger partial charge in [-0.05, 0) is 33.9 Å². The zero-order chi connectivity index (χ0) is 15.2. The average Bonchev–Trinajstić information content (AvgIpc) is 2.59. The summed E-state index contributed by atoms with van der Waals surface area (Å²) in [6.45, 7) is 5.15. The third-order valence-corrected chi connectivity index (χ3v) is 3.88. The molecule has 0 bridgehead atoms. The van der Waals surface area contributed by atoms with Gasteiger partial charge in [0.2, 0.25) is 0 Å². The van der Waals surface area contributed by atoms with Crippen molar-refractivity contribution in [3.63, 3.8) is 0 Å². The van der Waals surface area contributed by atoms with Gasteiger partial charge < -0.3 is 4.74 Å². The first kappa shape index (κ1) is 14.6. The molecule has 0 radical (unpaired) electrons. The second-order valence-corrected chi connectivity index (χ2v) is 5.39.